The Balaban J connectivity index is 1.47. The second-order valence-electron chi connectivity index (χ2n) is 8.36. The molecule has 33 heavy (non-hydrogen) atoms. The Morgan fingerprint density at radius 1 is 1.06 bits per heavy atom. The van der Waals surface area contributed by atoms with Gasteiger partial charge in [-0.2, -0.15) is 0 Å². The van der Waals surface area contributed by atoms with Crippen LogP contribution in [0.25, 0.3) is 11.4 Å². The largest absolute Gasteiger partial charge is 0.496 e. The predicted octanol–water partition coefficient (Wildman–Crippen LogP) is 2.42. The molecular weight excluding hydrogens is 420 g/mol. The van der Waals surface area contributed by atoms with E-state index in [-0.39, 0.29) is 11.7 Å². The topological polar surface area (TPSA) is 85.6 Å². The van der Waals surface area contributed by atoms with Crippen molar-refractivity contribution in [3.05, 3.63) is 58.8 Å². The predicted molar refractivity (Wildman–Crippen MR) is 126 cm³/mol. The second-order valence-corrected chi connectivity index (χ2v) is 8.36. The van der Waals surface area contributed by atoms with E-state index in [1.807, 2.05) is 6.07 Å². The number of rotatable bonds is 5. The van der Waals surface area contributed by atoms with E-state index in [4.69, 9.17) is 14.5 Å². The zero-order valence-corrected chi connectivity index (χ0v) is 19.0. The number of nitrogens with zero attached hydrogens (tertiary/aromatic N) is 6. The molecular formula is C24H28N6O3. The van der Waals surface area contributed by atoms with Crippen LogP contribution in [0.1, 0.15) is 24.5 Å². The third-order valence-electron chi connectivity index (χ3n) is 6.34. The van der Waals surface area contributed by atoms with Gasteiger partial charge in [0.15, 0.2) is 0 Å². The van der Waals surface area contributed by atoms with Gasteiger partial charge in [0.1, 0.15) is 18.2 Å². The van der Waals surface area contributed by atoms with Gasteiger partial charge in [0, 0.05) is 50.2 Å². The quantitative estimate of drug-likeness (QED) is 0.588. The molecule has 1 atom stereocenters. The van der Waals surface area contributed by atoms with E-state index in [0.29, 0.717) is 37.0 Å². The highest BCUT2D eigenvalue weighted by Gasteiger charge is 2.28. The molecule has 0 radical (unpaired) electrons. The van der Waals surface area contributed by atoms with Gasteiger partial charge >= 0.3 is 0 Å². The highest BCUT2D eigenvalue weighted by atomic mass is 16.5. The number of benzene rings is 1. The monoisotopic (exact) mass is 448 g/mol. The summed E-state index contributed by atoms with van der Waals surface area (Å²) in [5.74, 6) is 1.40. The lowest BCUT2D eigenvalue weighted by Crippen LogP contribution is -2.41. The van der Waals surface area contributed by atoms with Crippen molar-refractivity contribution in [1.29, 1.82) is 0 Å². The first-order valence-corrected chi connectivity index (χ1v) is 11.3. The van der Waals surface area contributed by atoms with Crippen LogP contribution in [0.3, 0.4) is 0 Å². The Morgan fingerprint density at radius 3 is 2.67 bits per heavy atom. The van der Waals surface area contributed by atoms with Crippen molar-refractivity contribution in [2.75, 3.05) is 49.7 Å². The average Bonchev–Trinajstić information content (AvgIpc) is 3.41. The van der Waals surface area contributed by atoms with Crippen molar-refractivity contribution in [3.63, 3.8) is 0 Å². The lowest BCUT2D eigenvalue weighted by atomic mass is 10.0. The molecule has 2 aliphatic rings. The molecule has 3 aromatic rings. The maximum absolute atomic E-state index is 12.7. The van der Waals surface area contributed by atoms with Crippen LogP contribution in [-0.4, -0.2) is 59.4 Å². The minimum atomic E-state index is -0.198. The zero-order valence-electron chi connectivity index (χ0n) is 19.0. The van der Waals surface area contributed by atoms with E-state index in [9.17, 15) is 4.79 Å². The highest BCUT2D eigenvalue weighted by Crippen LogP contribution is 2.35. The summed E-state index contributed by atoms with van der Waals surface area (Å²) in [6, 6.07) is 9.58. The fourth-order valence-corrected chi connectivity index (χ4v) is 4.55. The zero-order chi connectivity index (χ0) is 22.8. The summed E-state index contributed by atoms with van der Waals surface area (Å²) < 4.78 is 13.4. The number of aromatic nitrogens is 4. The molecule has 2 aliphatic heterocycles. The Kier molecular flexibility index (Phi) is 5.95. The lowest BCUT2D eigenvalue weighted by molar-refractivity contribution is 0.0375. The molecule has 9 heteroatoms. The number of ether oxygens (including phenoxy) is 2. The molecule has 5 rings (SSSR count). The number of morpholine rings is 1. The summed E-state index contributed by atoms with van der Waals surface area (Å²) in [5, 5.41) is 0. The SMILES string of the molecule is COc1ccc(N2CCCC2)cc1C1CN(c2nc(-c3ccncn3)cc(=O)n2C)CCO1. The van der Waals surface area contributed by atoms with Gasteiger partial charge in [-0.1, -0.05) is 0 Å². The van der Waals surface area contributed by atoms with Crippen LogP contribution < -0.4 is 20.1 Å². The van der Waals surface area contributed by atoms with Crippen LogP contribution in [-0.2, 0) is 11.8 Å². The minimum Gasteiger partial charge on any atom is -0.496 e. The van der Waals surface area contributed by atoms with Crippen molar-refractivity contribution in [1.82, 2.24) is 19.5 Å². The van der Waals surface area contributed by atoms with Gasteiger partial charge in [-0.15, -0.1) is 0 Å². The molecule has 9 nitrogen and oxygen atoms in total. The van der Waals surface area contributed by atoms with Crippen LogP contribution >= 0.6 is 0 Å². The standard InChI is InChI=1S/C24H28N6O3/c1-28-23(31)14-20(19-7-8-25-16-26-19)27-24(28)30-11-12-33-22(15-30)18-13-17(5-6-21(18)32-2)29-9-3-4-10-29/h5-8,13-14,16,22H,3-4,9-12,15H2,1-2H3. The number of hydrogen-bond donors (Lipinski definition) is 0. The van der Waals surface area contributed by atoms with Crippen molar-refractivity contribution in [2.45, 2.75) is 18.9 Å². The van der Waals surface area contributed by atoms with Crippen molar-refractivity contribution < 1.29 is 9.47 Å². The smallest absolute Gasteiger partial charge is 0.255 e. The summed E-state index contributed by atoms with van der Waals surface area (Å²) in [7, 11) is 3.43. The normalized spacial score (nSPS) is 18.5. The van der Waals surface area contributed by atoms with Crippen LogP contribution in [0.2, 0.25) is 0 Å². The summed E-state index contributed by atoms with van der Waals surface area (Å²) in [4.78, 5) is 30.2. The summed E-state index contributed by atoms with van der Waals surface area (Å²) >= 11 is 0. The fraction of sp³-hybridized carbons (Fsp3) is 0.417. The highest BCUT2D eigenvalue weighted by molar-refractivity contribution is 5.56. The molecule has 0 bridgehead atoms. The Labute approximate surface area is 192 Å². The number of methoxy groups -OCH3 is 1. The molecule has 2 fully saturated rings. The summed E-state index contributed by atoms with van der Waals surface area (Å²) in [5.41, 5.74) is 3.23. The van der Waals surface area contributed by atoms with Crippen LogP contribution in [0, 0.1) is 0 Å². The van der Waals surface area contributed by atoms with Gasteiger partial charge in [0.25, 0.3) is 5.56 Å². The molecule has 2 saturated heterocycles. The van der Waals surface area contributed by atoms with Crippen LogP contribution in [0.5, 0.6) is 5.75 Å². The number of anilines is 2. The van der Waals surface area contributed by atoms with Crippen LogP contribution in [0.4, 0.5) is 11.6 Å². The molecule has 0 amide bonds. The molecule has 0 aliphatic carbocycles. The van der Waals surface area contributed by atoms with E-state index < -0.39 is 0 Å². The molecule has 0 spiro atoms. The van der Waals surface area contributed by atoms with Crippen molar-refractivity contribution >= 4 is 11.6 Å². The fourth-order valence-electron chi connectivity index (χ4n) is 4.55. The molecule has 1 aromatic carbocycles. The maximum Gasteiger partial charge on any atom is 0.255 e. The Bertz CT molecular complexity index is 1180. The van der Waals surface area contributed by atoms with Gasteiger partial charge in [0.05, 0.1) is 31.6 Å². The third-order valence-corrected chi connectivity index (χ3v) is 6.34. The van der Waals surface area contributed by atoms with E-state index in [0.717, 1.165) is 24.4 Å². The van der Waals surface area contributed by atoms with E-state index >= 15 is 0 Å². The third kappa shape index (κ3) is 4.28. The van der Waals surface area contributed by atoms with Crippen LogP contribution in [0.15, 0.2) is 47.7 Å². The second kappa shape index (κ2) is 9.19. The van der Waals surface area contributed by atoms with E-state index in [1.165, 1.54) is 30.9 Å². The van der Waals surface area contributed by atoms with Gasteiger partial charge < -0.3 is 19.3 Å². The van der Waals surface area contributed by atoms with Gasteiger partial charge in [0.2, 0.25) is 5.95 Å². The summed E-state index contributed by atoms with van der Waals surface area (Å²) in [6.07, 6.45) is 5.34. The first-order valence-electron chi connectivity index (χ1n) is 11.3. The molecule has 0 N–H and O–H groups in total. The molecule has 2 aromatic heterocycles. The molecule has 0 saturated carbocycles. The minimum absolute atomic E-state index is 0.134. The lowest BCUT2D eigenvalue weighted by Gasteiger charge is -2.35. The molecule has 4 heterocycles. The van der Waals surface area contributed by atoms with Gasteiger partial charge in [-0.05, 0) is 37.1 Å². The maximum atomic E-state index is 12.7. The first kappa shape index (κ1) is 21.4. The molecule has 172 valence electrons. The summed E-state index contributed by atoms with van der Waals surface area (Å²) in [6.45, 7) is 3.87. The van der Waals surface area contributed by atoms with E-state index in [2.05, 4.69) is 31.9 Å². The average molecular weight is 449 g/mol. The molecule has 1 unspecified atom stereocenters. The Hall–Kier alpha value is -3.46. The van der Waals surface area contributed by atoms with Crippen molar-refractivity contribution in [3.8, 4) is 17.1 Å². The van der Waals surface area contributed by atoms with E-state index in [1.54, 1.807) is 31.0 Å². The van der Waals surface area contributed by atoms with Crippen molar-refractivity contribution in [2.24, 2.45) is 7.05 Å². The van der Waals surface area contributed by atoms with Gasteiger partial charge in [-0.3, -0.25) is 9.36 Å². The first-order chi connectivity index (χ1) is 16.1. The number of hydrogen-bond acceptors (Lipinski definition) is 8. The van der Waals surface area contributed by atoms with Gasteiger partial charge in [-0.25, -0.2) is 15.0 Å². The Morgan fingerprint density at radius 2 is 1.91 bits per heavy atom.